The van der Waals surface area contributed by atoms with Gasteiger partial charge in [-0.3, -0.25) is 0 Å². The van der Waals surface area contributed by atoms with Crippen LogP contribution in [0.5, 0.6) is 0 Å². The van der Waals surface area contributed by atoms with Crippen molar-refractivity contribution in [3.63, 3.8) is 0 Å². The zero-order valence-electron chi connectivity index (χ0n) is 20.5. The normalized spacial score (nSPS) is 41.9. The maximum absolute atomic E-state index is 11.0. The van der Waals surface area contributed by atoms with Gasteiger partial charge in [0, 0.05) is 11.8 Å². The van der Waals surface area contributed by atoms with E-state index in [2.05, 4.69) is 30.2 Å². The molecule has 0 aliphatic heterocycles. The number of hydrogen-bond acceptors (Lipinski definition) is 8. The van der Waals surface area contributed by atoms with Crippen LogP contribution in [0, 0.1) is 34.5 Å². The van der Waals surface area contributed by atoms with Crippen LogP contribution in [0.15, 0.2) is 22.0 Å². The Balaban J connectivity index is 1.68. The summed E-state index contributed by atoms with van der Waals surface area (Å²) in [6.07, 6.45) is 4.88. The van der Waals surface area contributed by atoms with E-state index in [1.165, 1.54) is 5.57 Å². The fourth-order valence-electron chi connectivity index (χ4n) is 7.61. The molecule has 0 aromatic heterocycles. The Bertz CT molecular complexity index is 961. The molecule has 4 aliphatic rings. The number of aliphatic hydroxyl groups excluding tert-OH is 2. The van der Waals surface area contributed by atoms with Crippen LogP contribution in [0.4, 0.5) is 0 Å². The monoisotopic (exact) mass is 492 g/mol. The van der Waals surface area contributed by atoms with Crippen LogP contribution < -0.4 is 0 Å². The van der Waals surface area contributed by atoms with E-state index in [0.717, 1.165) is 31.4 Å². The van der Waals surface area contributed by atoms with Crippen LogP contribution in [0.2, 0.25) is 0 Å². The quantitative estimate of drug-likeness (QED) is 0.312. The van der Waals surface area contributed by atoms with Gasteiger partial charge in [-0.25, -0.2) is 9.59 Å². The first-order valence-electron chi connectivity index (χ1n) is 12.3. The summed E-state index contributed by atoms with van der Waals surface area (Å²) in [5, 5.41) is 47.2. The van der Waals surface area contributed by atoms with Gasteiger partial charge in [-0.15, -0.1) is 0 Å². The molecular formula is C25H36N2O8. The Morgan fingerprint density at radius 1 is 0.971 bits per heavy atom. The van der Waals surface area contributed by atoms with Gasteiger partial charge in [0.15, 0.2) is 0 Å². The SMILES string of the molecule is C/C(=N/OCC(=O)O)[C@H]1CCC2C3=C/C(=N\OCC(=O)O)C4CC(O)C(O)CC4(C)C3CCC21C. The summed E-state index contributed by atoms with van der Waals surface area (Å²) in [5.41, 5.74) is 2.26. The van der Waals surface area contributed by atoms with E-state index in [-0.39, 0.29) is 34.5 Å². The highest BCUT2D eigenvalue weighted by Crippen LogP contribution is 2.65. The maximum Gasteiger partial charge on any atom is 0.344 e. The van der Waals surface area contributed by atoms with E-state index >= 15 is 0 Å². The third-order valence-corrected chi connectivity index (χ3v) is 9.21. The third kappa shape index (κ3) is 4.58. The molecule has 0 heterocycles. The average molecular weight is 493 g/mol. The second kappa shape index (κ2) is 9.54. The van der Waals surface area contributed by atoms with Gasteiger partial charge < -0.3 is 30.1 Å². The molecule has 194 valence electrons. The molecule has 8 atom stereocenters. The molecule has 7 unspecified atom stereocenters. The molecule has 10 heteroatoms. The number of carbonyl (C=O) groups is 2. The first kappa shape index (κ1) is 25.6. The molecule has 35 heavy (non-hydrogen) atoms. The van der Waals surface area contributed by atoms with Crippen LogP contribution in [0.3, 0.4) is 0 Å². The van der Waals surface area contributed by atoms with Gasteiger partial charge in [0.05, 0.1) is 23.6 Å². The molecule has 3 saturated carbocycles. The lowest BCUT2D eigenvalue weighted by Gasteiger charge is -2.58. The van der Waals surface area contributed by atoms with Crippen LogP contribution in [0.1, 0.15) is 59.3 Å². The lowest BCUT2D eigenvalue weighted by Crippen LogP contribution is -2.56. The van der Waals surface area contributed by atoms with E-state index in [0.29, 0.717) is 18.6 Å². The number of aliphatic hydroxyl groups is 2. The first-order chi connectivity index (χ1) is 16.5. The fraction of sp³-hybridized carbons (Fsp3) is 0.760. The van der Waals surface area contributed by atoms with Crippen LogP contribution in [0.25, 0.3) is 0 Å². The van der Waals surface area contributed by atoms with Crippen molar-refractivity contribution in [1.82, 2.24) is 0 Å². The van der Waals surface area contributed by atoms with Crippen molar-refractivity contribution in [2.45, 2.75) is 71.5 Å². The van der Waals surface area contributed by atoms with Crippen molar-refractivity contribution in [2.24, 2.45) is 44.8 Å². The van der Waals surface area contributed by atoms with Gasteiger partial charge in [0.1, 0.15) is 0 Å². The molecule has 0 saturated heterocycles. The Morgan fingerprint density at radius 3 is 2.31 bits per heavy atom. The Morgan fingerprint density at radius 2 is 1.63 bits per heavy atom. The lowest BCUT2D eigenvalue weighted by molar-refractivity contribution is -0.143. The third-order valence-electron chi connectivity index (χ3n) is 9.21. The predicted molar refractivity (Wildman–Crippen MR) is 126 cm³/mol. The summed E-state index contributed by atoms with van der Waals surface area (Å²) in [6.45, 7) is 5.29. The highest BCUT2D eigenvalue weighted by Gasteiger charge is 2.60. The number of carboxylic acid groups (broad SMARTS) is 2. The van der Waals surface area contributed by atoms with Crippen LogP contribution in [-0.2, 0) is 19.3 Å². The smallest absolute Gasteiger partial charge is 0.344 e. The fourth-order valence-corrected chi connectivity index (χ4v) is 7.61. The minimum Gasteiger partial charge on any atom is -0.479 e. The molecule has 0 spiro atoms. The maximum atomic E-state index is 11.0. The second-order valence-corrected chi connectivity index (χ2v) is 11.1. The Labute approximate surface area is 204 Å². The molecular weight excluding hydrogens is 456 g/mol. The second-order valence-electron chi connectivity index (χ2n) is 11.1. The van der Waals surface area contributed by atoms with E-state index in [1.54, 1.807) is 0 Å². The summed E-state index contributed by atoms with van der Waals surface area (Å²) in [7, 11) is 0. The van der Waals surface area contributed by atoms with Crippen molar-refractivity contribution in [1.29, 1.82) is 0 Å². The number of hydrogen-bond donors (Lipinski definition) is 4. The van der Waals surface area contributed by atoms with E-state index in [9.17, 15) is 19.8 Å². The molecule has 0 aromatic rings. The van der Waals surface area contributed by atoms with E-state index in [4.69, 9.17) is 19.9 Å². The minimum atomic E-state index is -1.11. The van der Waals surface area contributed by atoms with Crippen molar-refractivity contribution < 1.29 is 39.7 Å². The number of allylic oxidation sites excluding steroid dienone is 2. The van der Waals surface area contributed by atoms with E-state index < -0.39 is 37.4 Å². The first-order valence-corrected chi connectivity index (χ1v) is 12.3. The molecule has 10 nitrogen and oxygen atoms in total. The molecule has 0 radical (unpaired) electrons. The van der Waals surface area contributed by atoms with Crippen molar-refractivity contribution in [3.05, 3.63) is 11.6 Å². The minimum absolute atomic E-state index is 0.0917. The van der Waals surface area contributed by atoms with Gasteiger partial charge in [-0.2, -0.15) is 0 Å². The highest BCUT2D eigenvalue weighted by atomic mass is 16.6. The number of fused-ring (bicyclic) bond motifs is 5. The van der Waals surface area contributed by atoms with Crippen molar-refractivity contribution in [2.75, 3.05) is 13.2 Å². The molecule has 4 N–H and O–H groups in total. The van der Waals surface area contributed by atoms with Crippen molar-refractivity contribution >= 4 is 23.4 Å². The molecule has 4 rings (SSSR count). The molecule has 3 fully saturated rings. The zero-order chi connectivity index (χ0) is 25.5. The summed E-state index contributed by atoms with van der Waals surface area (Å²) in [5.74, 6) is -1.72. The van der Waals surface area contributed by atoms with Crippen LogP contribution in [-0.4, -0.2) is 69.2 Å². The molecule has 4 aliphatic carbocycles. The molecule has 0 amide bonds. The topological polar surface area (TPSA) is 158 Å². The van der Waals surface area contributed by atoms with Gasteiger partial charge in [-0.1, -0.05) is 29.7 Å². The zero-order valence-corrected chi connectivity index (χ0v) is 20.5. The van der Waals surface area contributed by atoms with Crippen molar-refractivity contribution in [3.8, 4) is 0 Å². The number of aliphatic carboxylic acids is 2. The lowest BCUT2D eigenvalue weighted by atomic mass is 9.47. The largest absolute Gasteiger partial charge is 0.479 e. The van der Waals surface area contributed by atoms with Crippen LogP contribution >= 0.6 is 0 Å². The van der Waals surface area contributed by atoms with Gasteiger partial charge in [0.2, 0.25) is 13.2 Å². The Kier molecular flexibility index (Phi) is 6.98. The van der Waals surface area contributed by atoms with Gasteiger partial charge >= 0.3 is 11.9 Å². The average Bonchev–Trinajstić information content (AvgIpc) is 3.12. The van der Waals surface area contributed by atoms with Gasteiger partial charge in [-0.05, 0) is 74.2 Å². The summed E-state index contributed by atoms with van der Waals surface area (Å²) >= 11 is 0. The number of rotatable bonds is 7. The molecule has 0 aromatic carbocycles. The van der Waals surface area contributed by atoms with E-state index in [1.807, 2.05) is 6.92 Å². The number of carboxylic acids is 2. The predicted octanol–water partition coefficient (Wildman–Crippen LogP) is 2.44. The summed E-state index contributed by atoms with van der Waals surface area (Å²) in [6, 6.07) is 0. The molecule has 0 bridgehead atoms. The number of oxime groups is 2. The highest BCUT2D eigenvalue weighted by molar-refractivity contribution is 5.99. The number of nitrogens with zero attached hydrogens (tertiary/aromatic N) is 2. The summed E-state index contributed by atoms with van der Waals surface area (Å²) in [4.78, 5) is 31.9. The summed E-state index contributed by atoms with van der Waals surface area (Å²) < 4.78 is 0. The van der Waals surface area contributed by atoms with Gasteiger partial charge in [0.25, 0.3) is 0 Å². The standard InChI is InChI=1S/C25H36N2O8/c1-13(26-34-11-22(30)31)15-4-5-16-14-8-19(27-35-12-23(32)33)18-9-20(28)21(29)10-25(18,3)17(14)6-7-24(15,16)2/h8,15-18,20-21,28-29H,4-7,9-12H2,1-3H3,(H,30,31)(H,32,33)/b26-13-,27-19+/t15-,16?,17?,18?,20?,21?,24?,25?/m1/s1. The Hall–Kier alpha value is -2.46.